The normalized spacial score (nSPS) is 9.80. The van der Waals surface area contributed by atoms with Gasteiger partial charge in [0.05, 0.1) is 0 Å². The molecule has 0 fully saturated rings. The maximum Gasteiger partial charge on any atom is 0.126 e. The largest absolute Gasteiger partial charge is 0.325 e. The first kappa shape index (κ1) is 7.12. The minimum Gasteiger partial charge on any atom is -0.325 e. The van der Waals surface area contributed by atoms with Crippen LogP contribution in [0.4, 0.5) is 0 Å². The van der Waals surface area contributed by atoms with E-state index in [2.05, 4.69) is 24.3 Å². The molecule has 0 aliphatic rings. The molecule has 1 aromatic rings. The van der Waals surface area contributed by atoms with Gasteiger partial charge in [-0.2, -0.15) is 0 Å². The van der Waals surface area contributed by atoms with Gasteiger partial charge in [-0.1, -0.05) is 6.92 Å². The quantitative estimate of drug-likeness (QED) is 0.677. The Morgan fingerprint density at radius 3 is 3.00 bits per heavy atom. The lowest BCUT2D eigenvalue weighted by atomic mass is 10.5. The maximum atomic E-state index is 4.15. The third-order valence-electron chi connectivity index (χ3n) is 1.36. The summed E-state index contributed by atoms with van der Waals surface area (Å²) in [5, 5.41) is 0. The highest BCUT2D eigenvalue weighted by Gasteiger charge is 1.95. The molecule has 0 aromatic carbocycles. The van der Waals surface area contributed by atoms with Crippen LogP contribution in [0, 0.1) is 0 Å². The van der Waals surface area contributed by atoms with Gasteiger partial charge >= 0.3 is 0 Å². The summed E-state index contributed by atoms with van der Waals surface area (Å²) in [4.78, 5) is 4.15. The van der Waals surface area contributed by atoms with Gasteiger partial charge < -0.3 is 5.43 Å². The molecule has 1 aromatic heterocycles. The molecule has 0 atom stereocenters. The molecule has 56 valence electrons. The number of rotatable bonds is 3. The Labute approximate surface area is 61.0 Å². The average molecular weight is 139 g/mol. The first-order valence-electron chi connectivity index (χ1n) is 3.64. The van der Waals surface area contributed by atoms with Crippen molar-refractivity contribution in [2.24, 2.45) is 0 Å². The molecular weight excluding hydrogens is 126 g/mol. The summed E-state index contributed by atoms with van der Waals surface area (Å²) < 4.78 is 1.96. The fourth-order valence-corrected chi connectivity index (χ4v) is 0.910. The Kier molecular flexibility index (Phi) is 2.31. The van der Waals surface area contributed by atoms with Gasteiger partial charge in [0, 0.05) is 25.4 Å². The van der Waals surface area contributed by atoms with Crippen LogP contribution in [0.5, 0.6) is 0 Å². The van der Waals surface area contributed by atoms with E-state index in [4.69, 9.17) is 0 Å². The molecule has 0 aliphatic heterocycles. The number of hydrogen-bond donors (Lipinski definition) is 1. The van der Waals surface area contributed by atoms with E-state index >= 15 is 0 Å². The van der Waals surface area contributed by atoms with Crippen molar-refractivity contribution in [1.29, 1.82) is 0 Å². The van der Waals surface area contributed by atoms with Gasteiger partial charge in [-0.15, -0.1) is 0 Å². The topological polar surface area (TPSA) is 29.9 Å². The van der Waals surface area contributed by atoms with Crippen LogP contribution >= 0.6 is 0 Å². The summed E-state index contributed by atoms with van der Waals surface area (Å²) in [7, 11) is 0. The van der Waals surface area contributed by atoms with E-state index in [-0.39, 0.29) is 0 Å². The van der Waals surface area contributed by atoms with Crippen molar-refractivity contribution in [3.63, 3.8) is 0 Å². The molecule has 0 aliphatic carbocycles. The standard InChI is InChI=1S/C7H13N3/c1-3-7-8-5-6-10(7)9-4-2/h5-6,9H,3-4H2,1-2H3. The van der Waals surface area contributed by atoms with Crippen molar-refractivity contribution >= 4 is 0 Å². The van der Waals surface area contributed by atoms with Gasteiger partial charge in [-0.3, -0.25) is 4.68 Å². The van der Waals surface area contributed by atoms with E-state index < -0.39 is 0 Å². The molecule has 0 unspecified atom stereocenters. The minimum atomic E-state index is 0.934. The van der Waals surface area contributed by atoms with E-state index in [1.807, 2.05) is 17.1 Å². The maximum absolute atomic E-state index is 4.15. The van der Waals surface area contributed by atoms with Crippen molar-refractivity contribution in [3.05, 3.63) is 18.2 Å². The third kappa shape index (κ3) is 1.29. The van der Waals surface area contributed by atoms with Gasteiger partial charge in [-0.25, -0.2) is 4.98 Å². The van der Waals surface area contributed by atoms with Gasteiger partial charge in [0.2, 0.25) is 0 Å². The molecule has 0 bridgehead atoms. The number of aromatic nitrogens is 2. The van der Waals surface area contributed by atoms with Crippen molar-refractivity contribution in [2.45, 2.75) is 20.3 Å². The van der Waals surface area contributed by atoms with Gasteiger partial charge in [0.1, 0.15) is 5.82 Å². The molecule has 1 heterocycles. The second-order valence-corrected chi connectivity index (χ2v) is 2.08. The minimum absolute atomic E-state index is 0.934. The Hall–Kier alpha value is -0.990. The number of imidazole rings is 1. The molecule has 3 heteroatoms. The molecule has 0 spiro atoms. The van der Waals surface area contributed by atoms with Gasteiger partial charge in [0.15, 0.2) is 0 Å². The lowest BCUT2D eigenvalue weighted by Crippen LogP contribution is -2.15. The van der Waals surface area contributed by atoms with E-state index in [1.54, 1.807) is 0 Å². The zero-order valence-electron chi connectivity index (χ0n) is 6.46. The summed E-state index contributed by atoms with van der Waals surface area (Å²) in [6.45, 7) is 5.10. The zero-order chi connectivity index (χ0) is 7.40. The van der Waals surface area contributed by atoms with Crippen molar-refractivity contribution in [3.8, 4) is 0 Å². The zero-order valence-corrected chi connectivity index (χ0v) is 6.46. The predicted octanol–water partition coefficient (Wildman–Crippen LogP) is 1.01. The van der Waals surface area contributed by atoms with E-state index in [0.717, 1.165) is 18.8 Å². The first-order chi connectivity index (χ1) is 4.88. The Balaban J connectivity index is 2.70. The van der Waals surface area contributed by atoms with Crippen LogP contribution in [0.3, 0.4) is 0 Å². The Morgan fingerprint density at radius 1 is 1.60 bits per heavy atom. The fourth-order valence-electron chi connectivity index (χ4n) is 0.910. The second kappa shape index (κ2) is 3.25. The van der Waals surface area contributed by atoms with Crippen LogP contribution in [-0.2, 0) is 6.42 Å². The highest BCUT2D eigenvalue weighted by Crippen LogP contribution is 1.93. The van der Waals surface area contributed by atoms with Crippen LogP contribution in [-0.4, -0.2) is 16.2 Å². The summed E-state index contributed by atoms with van der Waals surface area (Å²) in [5.74, 6) is 1.09. The number of nitrogens with one attached hydrogen (secondary N) is 1. The van der Waals surface area contributed by atoms with Crippen LogP contribution in [0.1, 0.15) is 19.7 Å². The predicted molar refractivity (Wildman–Crippen MR) is 41.5 cm³/mol. The van der Waals surface area contributed by atoms with Crippen LogP contribution < -0.4 is 5.43 Å². The van der Waals surface area contributed by atoms with E-state index in [1.165, 1.54) is 0 Å². The number of nitrogens with zero attached hydrogens (tertiary/aromatic N) is 2. The van der Waals surface area contributed by atoms with Gasteiger partial charge in [-0.05, 0) is 6.92 Å². The molecule has 0 radical (unpaired) electrons. The summed E-state index contributed by atoms with van der Waals surface area (Å²) in [5.41, 5.74) is 3.16. The summed E-state index contributed by atoms with van der Waals surface area (Å²) in [6, 6.07) is 0. The molecule has 0 saturated heterocycles. The average Bonchev–Trinajstić information content (AvgIpc) is 2.36. The van der Waals surface area contributed by atoms with Crippen LogP contribution in [0.2, 0.25) is 0 Å². The SMILES string of the molecule is CCNn1ccnc1CC. The van der Waals surface area contributed by atoms with Crippen LogP contribution in [0.25, 0.3) is 0 Å². The molecular formula is C7H13N3. The van der Waals surface area contributed by atoms with Crippen LogP contribution in [0.15, 0.2) is 12.4 Å². The molecule has 0 saturated carbocycles. The molecule has 3 nitrogen and oxygen atoms in total. The first-order valence-corrected chi connectivity index (χ1v) is 3.64. The molecule has 1 N–H and O–H groups in total. The highest BCUT2D eigenvalue weighted by molar-refractivity contribution is 4.94. The summed E-state index contributed by atoms with van der Waals surface area (Å²) >= 11 is 0. The molecule has 1 rings (SSSR count). The number of aryl methyl sites for hydroxylation is 1. The lowest BCUT2D eigenvalue weighted by molar-refractivity contribution is 0.785. The van der Waals surface area contributed by atoms with Gasteiger partial charge in [0.25, 0.3) is 0 Å². The van der Waals surface area contributed by atoms with Crippen molar-refractivity contribution in [2.75, 3.05) is 12.0 Å². The number of hydrogen-bond acceptors (Lipinski definition) is 2. The van der Waals surface area contributed by atoms with Crippen molar-refractivity contribution < 1.29 is 0 Å². The highest BCUT2D eigenvalue weighted by atomic mass is 15.4. The Morgan fingerprint density at radius 2 is 2.40 bits per heavy atom. The Bertz CT molecular complexity index is 192. The monoisotopic (exact) mass is 139 g/mol. The lowest BCUT2D eigenvalue weighted by Gasteiger charge is -2.05. The molecule has 10 heavy (non-hydrogen) atoms. The second-order valence-electron chi connectivity index (χ2n) is 2.08. The fraction of sp³-hybridized carbons (Fsp3) is 0.571. The van der Waals surface area contributed by atoms with E-state index in [9.17, 15) is 0 Å². The third-order valence-corrected chi connectivity index (χ3v) is 1.36. The van der Waals surface area contributed by atoms with E-state index in [0.29, 0.717) is 0 Å². The molecule has 0 amide bonds. The smallest absolute Gasteiger partial charge is 0.126 e. The van der Waals surface area contributed by atoms with Crippen molar-refractivity contribution in [1.82, 2.24) is 9.66 Å². The summed E-state index contributed by atoms with van der Waals surface area (Å²) in [6.07, 6.45) is 4.71.